The van der Waals surface area contributed by atoms with Crippen LogP contribution in [0.15, 0.2) is 35.7 Å². The maximum atomic E-state index is 6.03. The molecule has 0 N–H and O–H groups in total. The molecular formula is C17H18N2O2S. The first kappa shape index (κ1) is 14.8. The summed E-state index contributed by atoms with van der Waals surface area (Å²) in [6.45, 7) is 6.01. The highest BCUT2D eigenvalue weighted by Crippen LogP contribution is 2.34. The normalized spacial score (nSPS) is 11.6. The molecule has 0 unspecified atom stereocenters. The van der Waals surface area contributed by atoms with Gasteiger partial charge in [0, 0.05) is 6.07 Å². The van der Waals surface area contributed by atoms with Crippen LogP contribution in [0.1, 0.15) is 20.8 Å². The smallest absolute Gasteiger partial charge is 0.242 e. The van der Waals surface area contributed by atoms with E-state index in [-0.39, 0.29) is 5.60 Å². The van der Waals surface area contributed by atoms with Crippen molar-refractivity contribution in [3.8, 4) is 22.2 Å². The van der Waals surface area contributed by atoms with Crippen molar-refractivity contribution in [2.75, 3.05) is 7.11 Å². The molecule has 0 saturated carbocycles. The molecule has 2 aromatic heterocycles. The lowest BCUT2D eigenvalue weighted by Gasteiger charge is -2.22. The van der Waals surface area contributed by atoms with Gasteiger partial charge in [-0.25, -0.2) is 9.97 Å². The van der Waals surface area contributed by atoms with Crippen molar-refractivity contribution >= 4 is 22.4 Å². The van der Waals surface area contributed by atoms with Gasteiger partial charge in [0.1, 0.15) is 17.0 Å². The van der Waals surface area contributed by atoms with Gasteiger partial charge in [0.15, 0.2) is 0 Å². The van der Waals surface area contributed by atoms with Gasteiger partial charge in [0.25, 0.3) is 0 Å². The van der Waals surface area contributed by atoms with Crippen LogP contribution in [0, 0.1) is 0 Å². The van der Waals surface area contributed by atoms with E-state index in [1.807, 2.05) is 56.5 Å². The standard InChI is InChI=1S/C17H18N2O2S/c1-17(2,3)21-16-15(14-6-5-9-22-14)18-12-8-7-11(20-4)10-13(12)19-16/h5-10H,1-4H3. The highest BCUT2D eigenvalue weighted by Gasteiger charge is 2.19. The van der Waals surface area contributed by atoms with Crippen molar-refractivity contribution in [1.82, 2.24) is 9.97 Å². The summed E-state index contributed by atoms with van der Waals surface area (Å²) in [5, 5.41) is 2.02. The van der Waals surface area contributed by atoms with Crippen molar-refractivity contribution in [2.24, 2.45) is 0 Å². The summed E-state index contributed by atoms with van der Waals surface area (Å²) in [4.78, 5) is 10.5. The summed E-state index contributed by atoms with van der Waals surface area (Å²) in [6.07, 6.45) is 0. The minimum atomic E-state index is -0.340. The fraction of sp³-hybridized carbons (Fsp3) is 0.294. The number of ether oxygens (including phenoxy) is 2. The Morgan fingerprint density at radius 2 is 1.86 bits per heavy atom. The summed E-state index contributed by atoms with van der Waals surface area (Å²) >= 11 is 1.63. The third-order valence-electron chi connectivity index (χ3n) is 3.00. The van der Waals surface area contributed by atoms with E-state index in [2.05, 4.69) is 4.98 Å². The fourth-order valence-corrected chi connectivity index (χ4v) is 2.79. The highest BCUT2D eigenvalue weighted by molar-refractivity contribution is 7.13. The molecule has 0 radical (unpaired) electrons. The monoisotopic (exact) mass is 314 g/mol. The number of hydrogen-bond acceptors (Lipinski definition) is 5. The first-order valence-electron chi connectivity index (χ1n) is 7.05. The molecule has 0 fully saturated rings. The molecule has 1 aromatic carbocycles. The van der Waals surface area contributed by atoms with Gasteiger partial charge in [-0.2, -0.15) is 0 Å². The number of benzene rings is 1. The zero-order valence-corrected chi connectivity index (χ0v) is 13.9. The average Bonchev–Trinajstić information content (AvgIpc) is 2.98. The Morgan fingerprint density at radius 3 is 2.50 bits per heavy atom. The van der Waals surface area contributed by atoms with Gasteiger partial charge in [0.2, 0.25) is 5.88 Å². The van der Waals surface area contributed by atoms with E-state index in [0.29, 0.717) is 5.88 Å². The number of nitrogens with zero attached hydrogens (tertiary/aromatic N) is 2. The van der Waals surface area contributed by atoms with E-state index in [4.69, 9.17) is 14.5 Å². The van der Waals surface area contributed by atoms with Crippen LogP contribution in [0.4, 0.5) is 0 Å². The molecule has 0 saturated heterocycles. The van der Waals surface area contributed by atoms with Gasteiger partial charge in [0.05, 0.1) is 23.0 Å². The Bertz CT molecular complexity index is 792. The fourth-order valence-electron chi connectivity index (χ4n) is 2.08. The quantitative estimate of drug-likeness (QED) is 0.711. The van der Waals surface area contributed by atoms with Crippen molar-refractivity contribution in [2.45, 2.75) is 26.4 Å². The van der Waals surface area contributed by atoms with Crippen molar-refractivity contribution < 1.29 is 9.47 Å². The molecule has 4 nitrogen and oxygen atoms in total. The van der Waals surface area contributed by atoms with Gasteiger partial charge in [-0.3, -0.25) is 0 Å². The predicted molar refractivity (Wildman–Crippen MR) is 89.8 cm³/mol. The average molecular weight is 314 g/mol. The van der Waals surface area contributed by atoms with Crippen molar-refractivity contribution in [1.29, 1.82) is 0 Å². The van der Waals surface area contributed by atoms with Gasteiger partial charge in [-0.15, -0.1) is 11.3 Å². The Balaban J connectivity index is 2.20. The Hall–Kier alpha value is -2.14. The summed E-state index contributed by atoms with van der Waals surface area (Å²) in [6, 6.07) is 9.70. The third kappa shape index (κ3) is 3.04. The van der Waals surface area contributed by atoms with Crippen LogP contribution >= 0.6 is 11.3 Å². The Kier molecular flexibility index (Phi) is 3.74. The van der Waals surface area contributed by atoms with Crippen LogP contribution in [0.3, 0.4) is 0 Å². The molecule has 3 aromatic rings. The SMILES string of the molecule is COc1ccc2nc(-c3cccs3)c(OC(C)(C)C)nc2c1. The van der Waals surface area contributed by atoms with E-state index in [1.54, 1.807) is 18.4 Å². The van der Waals surface area contributed by atoms with E-state index in [1.165, 1.54) is 0 Å². The number of aromatic nitrogens is 2. The molecule has 0 aliphatic heterocycles. The van der Waals surface area contributed by atoms with Crippen molar-refractivity contribution in [3.63, 3.8) is 0 Å². The minimum Gasteiger partial charge on any atom is -0.497 e. The number of thiophene rings is 1. The predicted octanol–water partition coefficient (Wildman–Crippen LogP) is 4.54. The summed E-state index contributed by atoms with van der Waals surface area (Å²) in [5.74, 6) is 1.31. The van der Waals surface area contributed by atoms with Crippen LogP contribution in [0.2, 0.25) is 0 Å². The number of methoxy groups -OCH3 is 1. The molecule has 0 aliphatic carbocycles. The second-order valence-corrected chi connectivity index (χ2v) is 6.87. The van der Waals surface area contributed by atoms with Crippen LogP contribution in [-0.2, 0) is 0 Å². The molecule has 3 rings (SSSR count). The first-order chi connectivity index (χ1) is 10.5. The molecule has 22 heavy (non-hydrogen) atoms. The highest BCUT2D eigenvalue weighted by atomic mass is 32.1. The van der Waals surface area contributed by atoms with Crippen molar-refractivity contribution in [3.05, 3.63) is 35.7 Å². The van der Waals surface area contributed by atoms with Crippen LogP contribution in [0.25, 0.3) is 21.6 Å². The maximum absolute atomic E-state index is 6.03. The molecular weight excluding hydrogens is 296 g/mol. The second-order valence-electron chi connectivity index (χ2n) is 5.92. The van der Waals surface area contributed by atoms with Crippen LogP contribution in [0.5, 0.6) is 11.6 Å². The summed E-state index contributed by atoms with van der Waals surface area (Å²) < 4.78 is 11.3. The summed E-state index contributed by atoms with van der Waals surface area (Å²) in [7, 11) is 1.64. The number of rotatable bonds is 3. The van der Waals surface area contributed by atoms with E-state index < -0.39 is 0 Å². The van der Waals surface area contributed by atoms with Gasteiger partial charge in [-0.05, 0) is 44.4 Å². The lowest BCUT2D eigenvalue weighted by molar-refractivity contribution is 0.125. The molecule has 0 spiro atoms. The zero-order chi connectivity index (χ0) is 15.7. The summed E-state index contributed by atoms with van der Waals surface area (Å²) in [5.41, 5.74) is 2.03. The van der Waals surface area contributed by atoms with Gasteiger partial charge >= 0.3 is 0 Å². The molecule has 0 amide bonds. The lowest BCUT2D eigenvalue weighted by atomic mass is 10.2. The molecule has 2 heterocycles. The van der Waals surface area contributed by atoms with E-state index >= 15 is 0 Å². The topological polar surface area (TPSA) is 44.2 Å². The molecule has 0 atom stereocenters. The molecule has 0 aliphatic rings. The maximum Gasteiger partial charge on any atom is 0.242 e. The van der Waals surface area contributed by atoms with Gasteiger partial charge in [-0.1, -0.05) is 6.07 Å². The zero-order valence-electron chi connectivity index (χ0n) is 13.1. The number of fused-ring (bicyclic) bond motifs is 1. The molecule has 114 valence electrons. The Labute approximate surface area is 133 Å². The molecule has 0 bridgehead atoms. The third-order valence-corrected chi connectivity index (χ3v) is 3.87. The Morgan fingerprint density at radius 1 is 1.05 bits per heavy atom. The van der Waals surface area contributed by atoms with Crippen LogP contribution < -0.4 is 9.47 Å². The van der Waals surface area contributed by atoms with E-state index in [0.717, 1.165) is 27.4 Å². The van der Waals surface area contributed by atoms with E-state index in [9.17, 15) is 0 Å². The number of hydrogen-bond donors (Lipinski definition) is 0. The minimum absolute atomic E-state index is 0.340. The van der Waals surface area contributed by atoms with Crippen LogP contribution in [-0.4, -0.2) is 22.7 Å². The van der Waals surface area contributed by atoms with Gasteiger partial charge < -0.3 is 9.47 Å². The lowest BCUT2D eigenvalue weighted by Crippen LogP contribution is -2.24. The second kappa shape index (κ2) is 5.57. The first-order valence-corrected chi connectivity index (χ1v) is 7.93. The molecule has 5 heteroatoms. The largest absolute Gasteiger partial charge is 0.497 e.